The molecule has 1 amide bonds. The quantitative estimate of drug-likeness (QED) is 0.426. The summed E-state index contributed by atoms with van der Waals surface area (Å²) in [5.74, 6) is 0.107. The number of ether oxygens (including phenoxy) is 1. The molecule has 4 N–H and O–H groups in total. The number of nitrogen functional groups attached to an aromatic ring is 1. The fourth-order valence-corrected chi connectivity index (χ4v) is 1.74. The lowest BCUT2D eigenvalue weighted by molar-refractivity contribution is -0.109. The second-order valence-corrected chi connectivity index (χ2v) is 4.24. The van der Waals surface area contributed by atoms with Crippen LogP contribution in [0, 0.1) is 0 Å². The number of rotatable bonds is 6. The van der Waals surface area contributed by atoms with Crippen LogP contribution >= 0.6 is 0 Å². The monoisotopic (exact) mass is 286 g/mol. The third-order valence-electron chi connectivity index (χ3n) is 2.75. The van der Waals surface area contributed by atoms with Gasteiger partial charge in [0.25, 0.3) is 0 Å². The Morgan fingerprint density at radius 3 is 2.67 bits per heavy atom. The lowest BCUT2D eigenvalue weighted by Crippen LogP contribution is -2.21. The Labute approximate surface area is 121 Å². The number of phenols is 1. The summed E-state index contributed by atoms with van der Waals surface area (Å²) in [4.78, 5) is 22.1. The molecule has 6 nitrogen and oxygen atoms in total. The van der Waals surface area contributed by atoms with Crippen molar-refractivity contribution in [2.24, 2.45) is 0 Å². The van der Waals surface area contributed by atoms with Crippen LogP contribution in [0.1, 0.15) is 10.4 Å². The van der Waals surface area contributed by atoms with E-state index in [0.717, 1.165) is 0 Å². The van der Waals surface area contributed by atoms with Crippen molar-refractivity contribution in [3.8, 4) is 17.2 Å². The van der Waals surface area contributed by atoms with Crippen LogP contribution in [0.4, 0.5) is 5.69 Å². The highest BCUT2D eigenvalue weighted by molar-refractivity contribution is 6.01. The smallest absolute Gasteiger partial charge is 0.207 e. The van der Waals surface area contributed by atoms with Crippen LogP contribution < -0.4 is 15.8 Å². The summed E-state index contributed by atoms with van der Waals surface area (Å²) in [6.07, 6.45) is 0.410. The molecule has 0 aliphatic heterocycles. The number of para-hydroxylation sites is 1. The third-order valence-corrected chi connectivity index (χ3v) is 2.75. The van der Waals surface area contributed by atoms with Gasteiger partial charge in [-0.15, -0.1) is 0 Å². The lowest BCUT2D eigenvalue weighted by atomic mass is 10.1. The van der Waals surface area contributed by atoms with Crippen molar-refractivity contribution in [1.82, 2.24) is 5.32 Å². The van der Waals surface area contributed by atoms with Crippen molar-refractivity contribution in [2.45, 2.75) is 0 Å². The van der Waals surface area contributed by atoms with Gasteiger partial charge in [-0.05, 0) is 18.2 Å². The molecule has 0 saturated heterocycles. The normalized spacial score (nSPS) is 9.90. The topological polar surface area (TPSA) is 102 Å². The lowest BCUT2D eigenvalue weighted by Gasteiger charge is -2.11. The minimum atomic E-state index is -0.447. The first-order valence-electron chi connectivity index (χ1n) is 6.17. The molecule has 2 aromatic carbocycles. The summed E-state index contributed by atoms with van der Waals surface area (Å²) in [5, 5.41) is 12.0. The van der Waals surface area contributed by atoms with E-state index in [1.807, 2.05) is 6.07 Å². The van der Waals surface area contributed by atoms with Crippen molar-refractivity contribution in [3.63, 3.8) is 0 Å². The van der Waals surface area contributed by atoms with Gasteiger partial charge in [-0.25, -0.2) is 0 Å². The third kappa shape index (κ3) is 3.50. The molecule has 0 atom stereocenters. The van der Waals surface area contributed by atoms with Crippen molar-refractivity contribution in [3.05, 3.63) is 48.0 Å². The maximum absolute atomic E-state index is 11.9. The fraction of sp³-hybridized carbons (Fsp3) is 0.0667. The van der Waals surface area contributed by atoms with Gasteiger partial charge in [0, 0.05) is 6.07 Å². The molecular weight excluding hydrogens is 272 g/mol. The van der Waals surface area contributed by atoms with E-state index in [2.05, 4.69) is 5.32 Å². The number of aromatic hydroxyl groups is 1. The molecular formula is C15H14N2O4. The summed E-state index contributed by atoms with van der Waals surface area (Å²) >= 11 is 0. The van der Waals surface area contributed by atoms with Crippen LogP contribution in [0.25, 0.3) is 0 Å². The van der Waals surface area contributed by atoms with Gasteiger partial charge in [0.05, 0.1) is 17.8 Å². The number of carbonyl (C=O) groups excluding carboxylic acids is 2. The number of hydrogen-bond donors (Lipinski definition) is 3. The second-order valence-electron chi connectivity index (χ2n) is 4.24. The molecule has 2 rings (SSSR count). The van der Waals surface area contributed by atoms with Crippen molar-refractivity contribution >= 4 is 17.9 Å². The molecule has 0 fully saturated rings. The largest absolute Gasteiger partial charge is 0.507 e. The number of amides is 1. The zero-order valence-electron chi connectivity index (χ0n) is 11.1. The van der Waals surface area contributed by atoms with Gasteiger partial charge in [-0.1, -0.05) is 18.2 Å². The van der Waals surface area contributed by atoms with Crippen LogP contribution in [0.15, 0.2) is 42.5 Å². The molecule has 0 bridgehead atoms. The SMILES string of the molecule is Nc1cc(O)c(C(=O)CNC=O)cc1Oc1ccccc1. The van der Waals surface area contributed by atoms with E-state index in [1.54, 1.807) is 24.3 Å². The first-order chi connectivity index (χ1) is 10.1. The average Bonchev–Trinajstić information content (AvgIpc) is 2.48. The van der Waals surface area contributed by atoms with Gasteiger partial charge in [-0.3, -0.25) is 9.59 Å². The molecule has 0 aliphatic rings. The molecule has 0 aliphatic carbocycles. The van der Waals surface area contributed by atoms with Crippen LogP contribution in [-0.2, 0) is 4.79 Å². The van der Waals surface area contributed by atoms with Crippen molar-refractivity contribution < 1.29 is 19.4 Å². The Morgan fingerprint density at radius 1 is 1.29 bits per heavy atom. The second kappa shape index (κ2) is 6.42. The van der Waals surface area contributed by atoms with E-state index >= 15 is 0 Å². The van der Waals surface area contributed by atoms with Crippen LogP contribution in [-0.4, -0.2) is 23.8 Å². The van der Waals surface area contributed by atoms with Gasteiger partial charge in [0.2, 0.25) is 6.41 Å². The molecule has 108 valence electrons. The summed E-state index contributed by atoms with van der Waals surface area (Å²) in [5.41, 5.74) is 6.01. The number of phenolic OH excluding ortho intramolecular Hbond substituents is 1. The Morgan fingerprint density at radius 2 is 2.00 bits per heavy atom. The van der Waals surface area contributed by atoms with Gasteiger partial charge < -0.3 is 20.9 Å². The minimum absolute atomic E-state index is 0.0319. The van der Waals surface area contributed by atoms with Crippen LogP contribution in [0.5, 0.6) is 17.2 Å². The van der Waals surface area contributed by atoms with Crippen LogP contribution in [0.2, 0.25) is 0 Å². The molecule has 2 aromatic rings. The maximum atomic E-state index is 11.9. The van der Waals surface area contributed by atoms with Gasteiger partial charge in [0.15, 0.2) is 11.5 Å². The fourth-order valence-electron chi connectivity index (χ4n) is 1.74. The Hall–Kier alpha value is -3.02. The summed E-state index contributed by atoms with van der Waals surface area (Å²) in [6, 6.07) is 11.5. The molecule has 6 heteroatoms. The predicted molar refractivity (Wildman–Crippen MR) is 77.4 cm³/mol. The average molecular weight is 286 g/mol. The van der Waals surface area contributed by atoms with E-state index in [-0.39, 0.29) is 29.3 Å². The number of ketones is 1. The molecule has 0 spiro atoms. The number of carbonyl (C=O) groups is 2. The number of anilines is 1. The Kier molecular flexibility index (Phi) is 4.40. The molecule has 0 heterocycles. The summed E-state index contributed by atoms with van der Waals surface area (Å²) < 4.78 is 5.58. The highest BCUT2D eigenvalue weighted by Gasteiger charge is 2.15. The molecule has 0 saturated carbocycles. The Bertz CT molecular complexity index is 656. The summed E-state index contributed by atoms with van der Waals surface area (Å²) in [7, 11) is 0. The van der Waals surface area contributed by atoms with E-state index in [1.165, 1.54) is 12.1 Å². The molecule has 21 heavy (non-hydrogen) atoms. The van der Waals surface area contributed by atoms with E-state index in [4.69, 9.17) is 10.5 Å². The zero-order chi connectivity index (χ0) is 15.2. The maximum Gasteiger partial charge on any atom is 0.207 e. The van der Waals surface area contributed by atoms with Gasteiger partial charge >= 0.3 is 0 Å². The highest BCUT2D eigenvalue weighted by Crippen LogP contribution is 2.33. The minimum Gasteiger partial charge on any atom is -0.507 e. The first kappa shape index (κ1) is 14.4. The molecule has 0 unspecified atom stereocenters. The van der Waals surface area contributed by atoms with E-state index in [9.17, 15) is 14.7 Å². The number of hydrogen-bond acceptors (Lipinski definition) is 5. The Balaban J connectivity index is 2.30. The van der Waals surface area contributed by atoms with Crippen molar-refractivity contribution in [2.75, 3.05) is 12.3 Å². The summed E-state index contributed by atoms with van der Waals surface area (Å²) in [6.45, 7) is -0.217. The number of nitrogens with two attached hydrogens (primary N) is 1. The van der Waals surface area contributed by atoms with Gasteiger partial charge in [0.1, 0.15) is 11.5 Å². The number of Topliss-reactive ketones (excluding diaryl/α,β-unsaturated/α-hetero) is 1. The molecule has 0 radical (unpaired) electrons. The molecule has 0 aromatic heterocycles. The van der Waals surface area contributed by atoms with Gasteiger partial charge in [-0.2, -0.15) is 0 Å². The van der Waals surface area contributed by atoms with Crippen LogP contribution in [0.3, 0.4) is 0 Å². The standard InChI is InChI=1S/C15H14N2O4/c16-12-7-13(19)11(14(20)8-17-9-18)6-15(12)21-10-4-2-1-3-5-10/h1-7,9,19H,8,16H2,(H,17,18). The highest BCUT2D eigenvalue weighted by atomic mass is 16.5. The van der Waals surface area contributed by atoms with Crippen molar-refractivity contribution in [1.29, 1.82) is 0 Å². The first-order valence-corrected chi connectivity index (χ1v) is 6.17. The number of nitrogens with one attached hydrogen (secondary N) is 1. The number of benzene rings is 2. The predicted octanol–water partition coefficient (Wildman–Crippen LogP) is 1.70. The zero-order valence-corrected chi connectivity index (χ0v) is 11.1. The van der Waals surface area contributed by atoms with E-state index < -0.39 is 5.78 Å². The van der Waals surface area contributed by atoms with E-state index in [0.29, 0.717) is 12.2 Å².